The van der Waals surface area contributed by atoms with E-state index in [-0.39, 0.29) is 5.91 Å². The van der Waals surface area contributed by atoms with Crippen LogP contribution in [0.3, 0.4) is 0 Å². The Kier molecular flexibility index (Phi) is 4.67. The summed E-state index contributed by atoms with van der Waals surface area (Å²) in [6.07, 6.45) is 7.77. The third-order valence-corrected chi connectivity index (χ3v) is 3.93. The van der Waals surface area contributed by atoms with Crippen molar-refractivity contribution in [3.05, 3.63) is 39.9 Å². The fourth-order valence-corrected chi connectivity index (χ4v) is 2.50. The summed E-state index contributed by atoms with van der Waals surface area (Å²) in [5.74, 6) is -0.0713. The third-order valence-electron chi connectivity index (χ3n) is 3.10. The molecule has 0 unspecified atom stereocenters. The van der Waals surface area contributed by atoms with Crippen molar-refractivity contribution in [2.45, 2.75) is 31.7 Å². The molecule has 1 saturated carbocycles. The zero-order valence-corrected chi connectivity index (χ0v) is 11.5. The molecule has 96 valence electrons. The highest BCUT2D eigenvalue weighted by atomic mass is 35.5. The Morgan fingerprint density at radius 1 is 1.28 bits per heavy atom. The first-order chi connectivity index (χ1) is 8.66. The lowest BCUT2D eigenvalue weighted by molar-refractivity contribution is -0.117. The van der Waals surface area contributed by atoms with Crippen LogP contribution in [0.4, 0.5) is 0 Å². The molecule has 0 spiro atoms. The fraction of sp³-hybridized carbons (Fsp3) is 0.357. The molecule has 0 radical (unpaired) electrons. The van der Waals surface area contributed by atoms with E-state index in [9.17, 15) is 4.79 Å². The number of hydrogen-bond donors (Lipinski definition) is 1. The zero-order chi connectivity index (χ0) is 13.0. The quantitative estimate of drug-likeness (QED) is 0.833. The lowest BCUT2D eigenvalue weighted by Crippen LogP contribution is -2.30. The number of nitrogens with one attached hydrogen (secondary N) is 1. The lowest BCUT2D eigenvalue weighted by atomic mass is 10.2. The summed E-state index contributed by atoms with van der Waals surface area (Å²) in [5.41, 5.74) is 0.755. The summed E-state index contributed by atoms with van der Waals surface area (Å²) in [6, 6.07) is 5.69. The Labute approximate surface area is 117 Å². The second-order valence-electron chi connectivity index (χ2n) is 4.47. The van der Waals surface area contributed by atoms with Gasteiger partial charge in [0.05, 0.1) is 10.0 Å². The van der Waals surface area contributed by atoms with Crippen LogP contribution in [0.25, 0.3) is 6.08 Å². The average Bonchev–Trinajstić information content (AvgIpc) is 2.84. The van der Waals surface area contributed by atoms with Crippen molar-refractivity contribution in [2.24, 2.45) is 0 Å². The molecule has 18 heavy (non-hydrogen) atoms. The lowest BCUT2D eigenvalue weighted by Gasteiger charge is -2.09. The number of carbonyl (C=O) groups excluding carboxylic acids is 1. The molecule has 2 rings (SSSR count). The second kappa shape index (κ2) is 6.26. The molecule has 0 heterocycles. The van der Waals surface area contributed by atoms with E-state index in [0.717, 1.165) is 18.4 Å². The smallest absolute Gasteiger partial charge is 0.244 e. The van der Waals surface area contributed by atoms with Crippen LogP contribution in [0.5, 0.6) is 0 Å². The first kappa shape index (κ1) is 13.4. The molecular weight excluding hydrogens is 269 g/mol. The Morgan fingerprint density at radius 3 is 2.72 bits per heavy atom. The molecule has 1 N–H and O–H groups in total. The van der Waals surface area contributed by atoms with Crippen molar-refractivity contribution in [2.75, 3.05) is 0 Å². The van der Waals surface area contributed by atoms with Crippen molar-refractivity contribution in [3.63, 3.8) is 0 Å². The number of carbonyl (C=O) groups is 1. The molecule has 0 bridgehead atoms. The summed E-state index contributed by atoms with van der Waals surface area (Å²) >= 11 is 11.9. The molecule has 0 aliphatic heterocycles. The minimum Gasteiger partial charge on any atom is -0.350 e. The highest BCUT2D eigenvalue weighted by Gasteiger charge is 2.15. The summed E-state index contributed by atoms with van der Waals surface area (Å²) in [7, 11) is 0. The maximum Gasteiger partial charge on any atom is 0.244 e. The predicted octanol–water partition coefficient (Wildman–Crippen LogP) is 4.07. The standard InChI is InChI=1S/C14H15Cl2NO/c15-12-7-3-4-10(14(12)16)8-9-13(18)17-11-5-1-2-6-11/h3-4,7-9,11H,1-2,5-6H2,(H,17,18). The van der Waals surface area contributed by atoms with Gasteiger partial charge in [-0.15, -0.1) is 0 Å². The van der Waals surface area contributed by atoms with Crippen LogP contribution in [0.2, 0.25) is 10.0 Å². The summed E-state index contributed by atoms with van der Waals surface area (Å²) in [4.78, 5) is 11.7. The molecule has 1 amide bonds. The van der Waals surface area contributed by atoms with Crippen LogP contribution in [0.15, 0.2) is 24.3 Å². The minimum atomic E-state index is -0.0713. The largest absolute Gasteiger partial charge is 0.350 e. The Bertz CT molecular complexity index is 465. The van der Waals surface area contributed by atoms with Crippen LogP contribution >= 0.6 is 23.2 Å². The number of hydrogen-bond acceptors (Lipinski definition) is 1. The topological polar surface area (TPSA) is 29.1 Å². The SMILES string of the molecule is O=C(C=Cc1cccc(Cl)c1Cl)NC1CCCC1. The van der Waals surface area contributed by atoms with Gasteiger partial charge in [0.2, 0.25) is 5.91 Å². The van der Waals surface area contributed by atoms with Crippen molar-refractivity contribution >= 4 is 35.2 Å². The monoisotopic (exact) mass is 283 g/mol. The molecule has 1 aliphatic rings. The van der Waals surface area contributed by atoms with Crippen LogP contribution in [-0.2, 0) is 4.79 Å². The van der Waals surface area contributed by atoms with Crippen molar-refractivity contribution in [1.29, 1.82) is 0 Å². The molecule has 0 atom stereocenters. The van der Waals surface area contributed by atoms with Crippen LogP contribution in [-0.4, -0.2) is 11.9 Å². The Hall–Kier alpha value is -0.990. The summed E-state index contributed by atoms with van der Waals surface area (Å²) in [6.45, 7) is 0. The van der Waals surface area contributed by atoms with Crippen LogP contribution in [0.1, 0.15) is 31.2 Å². The van der Waals surface area contributed by atoms with Crippen molar-refractivity contribution in [1.82, 2.24) is 5.32 Å². The first-order valence-electron chi connectivity index (χ1n) is 6.09. The molecule has 0 saturated heterocycles. The molecule has 1 fully saturated rings. The van der Waals surface area contributed by atoms with E-state index >= 15 is 0 Å². The van der Waals surface area contributed by atoms with Gasteiger partial charge in [-0.2, -0.15) is 0 Å². The Morgan fingerprint density at radius 2 is 2.00 bits per heavy atom. The molecule has 0 aromatic heterocycles. The number of rotatable bonds is 3. The molecule has 1 aromatic carbocycles. The highest BCUT2D eigenvalue weighted by Crippen LogP contribution is 2.26. The first-order valence-corrected chi connectivity index (χ1v) is 6.85. The van der Waals surface area contributed by atoms with E-state index in [2.05, 4.69) is 5.32 Å². The van der Waals surface area contributed by atoms with E-state index in [1.807, 2.05) is 12.1 Å². The highest BCUT2D eigenvalue weighted by molar-refractivity contribution is 6.42. The van der Waals surface area contributed by atoms with E-state index in [1.165, 1.54) is 18.9 Å². The van der Waals surface area contributed by atoms with Gasteiger partial charge in [-0.1, -0.05) is 48.2 Å². The van der Waals surface area contributed by atoms with E-state index in [1.54, 1.807) is 12.1 Å². The second-order valence-corrected chi connectivity index (χ2v) is 5.25. The maximum atomic E-state index is 11.7. The number of benzene rings is 1. The van der Waals surface area contributed by atoms with Gasteiger partial charge in [0.25, 0.3) is 0 Å². The van der Waals surface area contributed by atoms with Gasteiger partial charge >= 0.3 is 0 Å². The summed E-state index contributed by atoms with van der Waals surface area (Å²) < 4.78 is 0. The Balaban J connectivity index is 1.97. The fourth-order valence-electron chi connectivity index (χ4n) is 2.13. The van der Waals surface area contributed by atoms with Crippen LogP contribution in [0, 0.1) is 0 Å². The van der Waals surface area contributed by atoms with Gasteiger partial charge in [0, 0.05) is 12.1 Å². The average molecular weight is 284 g/mol. The van der Waals surface area contributed by atoms with Gasteiger partial charge < -0.3 is 5.32 Å². The van der Waals surface area contributed by atoms with Crippen molar-refractivity contribution in [3.8, 4) is 0 Å². The third kappa shape index (κ3) is 3.50. The molecule has 2 nitrogen and oxygen atoms in total. The number of halogens is 2. The maximum absolute atomic E-state index is 11.7. The van der Waals surface area contributed by atoms with Gasteiger partial charge in [0.15, 0.2) is 0 Å². The zero-order valence-electron chi connectivity index (χ0n) is 9.96. The molecular formula is C14H15Cl2NO. The van der Waals surface area contributed by atoms with Crippen LogP contribution < -0.4 is 5.32 Å². The van der Waals surface area contributed by atoms with E-state index in [0.29, 0.717) is 16.1 Å². The van der Waals surface area contributed by atoms with Gasteiger partial charge in [-0.25, -0.2) is 0 Å². The molecule has 1 aromatic rings. The molecule has 1 aliphatic carbocycles. The molecule has 4 heteroatoms. The van der Waals surface area contributed by atoms with Gasteiger partial charge in [-0.05, 0) is 30.5 Å². The number of amides is 1. The minimum absolute atomic E-state index is 0.0713. The van der Waals surface area contributed by atoms with Crippen molar-refractivity contribution < 1.29 is 4.79 Å². The van der Waals surface area contributed by atoms with Gasteiger partial charge in [-0.3, -0.25) is 4.79 Å². The summed E-state index contributed by atoms with van der Waals surface area (Å²) in [5, 5.41) is 3.95. The van der Waals surface area contributed by atoms with Gasteiger partial charge in [0.1, 0.15) is 0 Å². The van der Waals surface area contributed by atoms with E-state index in [4.69, 9.17) is 23.2 Å². The normalized spacial score (nSPS) is 16.3. The van der Waals surface area contributed by atoms with E-state index < -0.39 is 0 Å². The predicted molar refractivity (Wildman–Crippen MR) is 75.9 cm³/mol.